The molecule has 0 atom stereocenters. The maximum absolute atomic E-state index is 8.28. The summed E-state index contributed by atoms with van der Waals surface area (Å²) in [6.45, 7) is 7.72. The van der Waals surface area contributed by atoms with Crippen LogP contribution in [0.5, 0.6) is 0 Å². The van der Waals surface area contributed by atoms with Crippen molar-refractivity contribution in [1.29, 1.82) is 0 Å². The van der Waals surface area contributed by atoms with Crippen LogP contribution in [0, 0.1) is 0 Å². The molecule has 4 heteroatoms. The molecule has 92 valence electrons. The molecule has 0 amide bonds. The average Bonchev–Trinajstić information content (AvgIpc) is 2.26. The van der Waals surface area contributed by atoms with Crippen LogP contribution in [0.2, 0.25) is 0 Å². The molecule has 0 aliphatic carbocycles. The van der Waals surface area contributed by atoms with E-state index in [1.807, 2.05) is 6.92 Å². The number of aliphatic hydroxyl groups excluding tert-OH is 2. The molecule has 0 aliphatic heterocycles. The largest absolute Gasteiger partial charge is 0.502 e. The van der Waals surface area contributed by atoms with Crippen molar-refractivity contribution in [2.24, 2.45) is 0 Å². The van der Waals surface area contributed by atoms with Gasteiger partial charge in [-0.25, -0.2) is 0 Å². The molecule has 0 heterocycles. The summed E-state index contributed by atoms with van der Waals surface area (Å²) in [5.74, 6) is 0. The number of hydrogen-bond donors (Lipinski definition) is 2. The van der Waals surface area contributed by atoms with Crippen molar-refractivity contribution >= 4 is 0 Å². The highest BCUT2D eigenvalue weighted by Crippen LogP contribution is 1.87. The van der Waals surface area contributed by atoms with Crippen LogP contribution >= 0.6 is 0 Å². The topological polar surface area (TPSA) is 58.9 Å². The lowest BCUT2D eigenvalue weighted by Crippen LogP contribution is -1.98. The van der Waals surface area contributed by atoms with Crippen LogP contribution in [-0.4, -0.2) is 43.2 Å². The third-order valence-electron chi connectivity index (χ3n) is 1.37. The zero-order valence-corrected chi connectivity index (χ0v) is 9.65. The van der Waals surface area contributed by atoms with Crippen molar-refractivity contribution in [3.8, 4) is 0 Å². The minimum Gasteiger partial charge on any atom is -0.502 e. The van der Waals surface area contributed by atoms with Gasteiger partial charge in [0.25, 0.3) is 0 Å². The van der Waals surface area contributed by atoms with Gasteiger partial charge >= 0.3 is 0 Å². The third kappa shape index (κ3) is 24.7. The molecule has 0 aromatic rings. The lowest BCUT2D eigenvalue weighted by molar-refractivity contribution is 0.0928. The molecule has 0 spiro atoms. The standard InChI is InChI=1S/C6H12O2.C5H12O2/c1-2-8-6-4-3-5-7;1-2-4-7-5-3-6/h2,7H,1,3-6H2;6H,2-5H2,1H3. The Balaban J connectivity index is 0. The van der Waals surface area contributed by atoms with Crippen molar-refractivity contribution in [3.63, 3.8) is 0 Å². The molecule has 0 saturated heterocycles. The molecule has 0 fully saturated rings. The first-order valence-electron chi connectivity index (χ1n) is 5.35. The van der Waals surface area contributed by atoms with Gasteiger partial charge in [-0.15, -0.1) is 0 Å². The number of ether oxygens (including phenoxy) is 2. The summed E-state index contributed by atoms with van der Waals surface area (Å²) in [7, 11) is 0. The first-order chi connectivity index (χ1) is 7.33. The average molecular weight is 220 g/mol. The molecule has 2 N–H and O–H groups in total. The molecule has 0 bridgehead atoms. The summed E-state index contributed by atoms with van der Waals surface area (Å²) in [5.41, 5.74) is 0. The molecule has 0 rings (SSSR count). The van der Waals surface area contributed by atoms with E-state index in [0.29, 0.717) is 13.2 Å². The molecule has 15 heavy (non-hydrogen) atoms. The van der Waals surface area contributed by atoms with Gasteiger partial charge in [-0.1, -0.05) is 13.5 Å². The summed E-state index contributed by atoms with van der Waals surface area (Å²) in [4.78, 5) is 0. The predicted molar refractivity (Wildman–Crippen MR) is 60.7 cm³/mol. The second kappa shape index (κ2) is 19.1. The Morgan fingerprint density at radius 1 is 1.07 bits per heavy atom. The van der Waals surface area contributed by atoms with Gasteiger partial charge in [0.1, 0.15) is 0 Å². The fourth-order valence-electron chi connectivity index (χ4n) is 0.691. The number of hydrogen-bond acceptors (Lipinski definition) is 4. The molecule has 0 aliphatic rings. The van der Waals surface area contributed by atoms with Gasteiger partial charge in [0, 0.05) is 13.2 Å². The van der Waals surface area contributed by atoms with Crippen LogP contribution in [0.25, 0.3) is 0 Å². The predicted octanol–water partition coefficient (Wildman–Crippen LogP) is 1.32. The molecular weight excluding hydrogens is 196 g/mol. The van der Waals surface area contributed by atoms with Crippen LogP contribution in [0.3, 0.4) is 0 Å². The number of rotatable bonds is 9. The zero-order chi connectivity index (χ0) is 11.8. The summed E-state index contributed by atoms with van der Waals surface area (Å²) < 4.78 is 9.67. The number of unbranched alkanes of at least 4 members (excludes halogenated alkanes) is 1. The summed E-state index contributed by atoms with van der Waals surface area (Å²) >= 11 is 0. The minimum absolute atomic E-state index is 0.139. The van der Waals surface area contributed by atoms with Gasteiger partial charge < -0.3 is 19.7 Å². The molecule has 0 saturated carbocycles. The van der Waals surface area contributed by atoms with Gasteiger partial charge in [-0.2, -0.15) is 0 Å². The van der Waals surface area contributed by atoms with E-state index in [9.17, 15) is 0 Å². The van der Waals surface area contributed by atoms with E-state index in [-0.39, 0.29) is 13.2 Å². The molecule has 0 aromatic heterocycles. The van der Waals surface area contributed by atoms with Gasteiger partial charge in [-0.3, -0.25) is 0 Å². The van der Waals surface area contributed by atoms with Crippen LogP contribution in [0.15, 0.2) is 12.8 Å². The van der Waals surface area contributed by atoms with Crippen molar-refractivity contribution in [2.75, 3.05) is 33.0 Å². The highest BCUT2D eigenvalue weighted by Gasteiger charge is 1.82. The SMILES string of the molecule is C=COCCCCO.CCCOCCO. The monoisotopic (exact) mass is 220 g/mol. The van der Waals surface area contributed by atoms with Crippen LogP contribution in [-0.2, 0) is 9.47 Å². The highest BCUT2D eigenvalue weighted by atomic mass is 16.5. The second-order valence-corrected chi connectivity index (χ2v) is 2.80. The Morgan fingerprint density at radius 3 is 2.27 bits per heavy atom. The maximum atomic E-state index is 8.28. The van der Waals surface area contributed by atoms with Crippen LogP contribution < -0.4 is 0 Å². The number of aliphatic hydroxyl groups is 2. The molecule has 4 nitrogen and oxygen atoms in total. The quantitative estimate of drug-likeness (QED) is 0.454. The van der Waals surface area contributed by atoms with E-state index in [1.54, 1.807) is 0 Å². The van der Waals surface area contributed by atoms with E-state index in [4.69, 9.17) is 19.7 Å². The van der Waals surface area contributed by atoms with Crippen molar-refractivity contribution in [1.82, 2.24) is 0 Å². The minimum atomic E-state index is 0.139. The van der Waals surface area contributed by atoms with Gasteiger partial charge in [0.2, 0.25) is 0 Å². The summed E-state index contributed by atoms with van der Waals surface area (Å²) in [6, 6.07) is 0. The highest BCUT2D eigenvalue weighted by molar-refractivity contribution is 4.48. The van der Waals surface area contributed by atoms with Crippen molar-refractivity contribution < 1.29 is 19.7 Å². The third-order valence-corrected chi connectivity index (χ3v) is 1.37. The zero-order valence-electron chi connectivity index (χ0n) is 9.65. The maximum Gasteiger partial charge on any atom is 0.0873 e. The summed E-state index contributed by atoms with van der Waals surface area (Å²) in [6.07, 6.45) is 4.16. The normalized spacial score (nSPS) is 9.00. The summed E-state index contributed by atoms with van der Waals surface area (Å²) in [5, 5.41) is 16.5. The van der Waals surface area contributed by atoms with E-state index in [2.05, 4.69) is 6.58 Å². The molecule has 0 unspecified atom stereocenters. The Kier molecular flexibility index (Phi) is 21.4. The Hall–Kier alpha value is -0.580. The van der Waals surface area contributed by atoms with E-state index < -0.39 is 0 Å². The Bertz CT molecular complexity index is 103. The molecular formula is C11H24O4. The van der Waals surface area contributed by atoms with Crippen LogP contribution in [0.1, 0.15) is 26.2 Å². The lowest BCUT2D eigenvalue weighted by atomic mass is 10.3. The van der Waals surface area contributed by atoms with Gasteiger partial charge in [0.05, 0.1) is 26.1 Å². The van der Waals surface area contributed by atoms with Gasteiger partial charge in [-0.05, 0) is 19.3 Å². The van der Waals surface area contributed by atoms with E-state index in [1.165, 1.54) is 6.26 Å². The second-order valence-electron chi connectivity index (χ2n) is 2.80. The van der Waals surface area contributed by atoms with E-state index >= 15 is 0 Å². The van der Waals surface area contributed by atoms with Crippen molar-refractivity contribution in [2.45, 2.75) is 26.2 Å². The van der Waals surface area contributed by atoms with Crippen LogP contribution in [0.4, 0.5) is 0 Å². The fourth-order valence-corrected chi connectivity index (χ4v) is 0.691. The lowest BCUT2D eigenvalue weighted by Gasteiger charge is -1.95. The van der Waals surface area contributed by atoms with Crippen molar-refractivity contribution in [3.05, 3.63) is 12.8 Å². The first kappa shape index (κ1) is 16.8. The first-order valence-corrected chi connectivity index (χ1v) is 5.35. The fraction of sp³-hybridized carbons (Fsp3) is 0.818. The Morgan fingerprint density at radius 2 is 1.80 bits per heavy atom. The van der Waals surface area contributed by atoms with Gasteiger partial charge in [0.15, 0.2) is 0 Å². The smallest absolute Gasteiger partial charge is 0.0873 e. The Labute approximate surface area is 92.5 Å². The molecule has 0 aromatic carbocycles. The molecule has 0 radical (unpaired) electrons. The van der Waals surface area contributed by atoms with E-state index in [0.717, 1.165) is 25.9 Å².